The molecule has 0 bridgehead atoms. The molecule has 3 heteroatoms. The van der Waals surface area contributed by atoms with Crippen molar-refractivity contribution in [2.75, 3.05) is 0 Å². The molecule has 0 unspecified atom stereocenters. The van der Waals surface area contributed by atoms with Crippen LogP contribution >= 0.6 is 0 Å². The Balaban J connectivity index is 2.34. The molecule has 0 radical (unpaired) electrons. The second-order valence-electron chi connectivity index (χ2n) is 3.21. The van der Waals surface area contributed by atoms with Crippen LogP contribution in [0.15, 0.2) is 34.9 Å². The minimum absolute atomic E-state index is 0.412. The minimum atomic E-state index is 0.412. The molecule has 0 aliphatic heterocycles. The fourth-order valence-electron chi connectivity index (χ4n) is 1.23. The van der Waals surface area contributed by atoms with Crippen LogP contribution in [0.1, 0.15) is 11.3 Å². The van der Waals surface area contributed by atoms with Gasteiger partial charge in [-0.15, -0.1) is 0 Å². The Hall–Kier alpha value is -1.61. The highest BCUT2D eigenvalue weighted by Crippen LogP contribution is 2.18. The summed E-state index contributed by atoms with van der Waals surface area (Å²) in [4.78, 5) is 4.24. The molecular formula is C11H12N2O. The molecule has 0 aliphatic rings. The third-order valence-corrected chi connectivity index (χ3v) is 2.06. The first-order valence-electron chi connectivity index (χ1n) is 4.51. The van der Waals surface area contributed by atoms with Gasteiger partial charge in [-0.25, -0.2) is 4.98 Å². The van der Waals surface area contributed by atoms with E-state index in [1.54, 1.807) is 6.26 Å². The number of hydrogen-bond donors (Lipinski definition) is 1. The summed E-state index contributed by atoms with van der Waals surface area (Å²) in [6.07, 6.45) is 1.59. The van der Waals surface area contributed by atoms with Crippen molar-refractivity contribution in [3.63, 3.8) is 0 Å². The van der Waals surface area contributed by atoms with Crippen molar-refractivity contribution in [2.24, 2.45) is 5.73 Å². The predicted molar refractivity (Wildman–Crippen MR) is 54.6 cm³/mol. The minimum Gasteiger partial charge on any atom is -0.444 e. The van der Waals surface area contributed by atoms with Crippen molar-refractivity contribution >= 4 is 0 Å². The van der Waals surface area contributed by atoms with E-state index in [1.165, 1.54) is 5.56 Å². The number of aryl methyl sites for hydroxylation is 1. The van der Waals surface area contributed by atoms with E-state index in [-0.39, 0.29) is 0 Å². The molecule has 2 aromatic rings. The molecule has 0 saturated heterocycles. The van der Waals surface area contributed by atoms with Crippen molar-refractivity contribution in [1.29, 1.82) is 0 Å². The van der Waals surface area contributed by atoms with Gasteiger partial charge in [0.2, 0.25) is 5.89 Å². The zero-order chi connectivity index (χ0) is 9.97. The molecule has 0 fully saturated rings. The number of hydrogen-bond acceptors (Lipinski definition) is 3. The summed E-state index contributed by atoms with van der Waals surface area (Å²) in [5, 5.41) is 0. The summed E-state index contributed by atoms with van der Waals surface area (Å²) >= 11 is 0. The van der Waals surface area contributed by atoms with Crippen LogP contribution in [0.4, 0.5) is 0 Å². The van der Waals surface area contributed by atoms with E-state index in [1.807, 2.05) is 31.2 Å². The quantitative estimate of drug-likeness (QED) is 0.785. The van der Waals surface area contributed by atoms with Gasteiger partial charge < -0.3 is 10.2 Å². The van der Waals surface area contributed by atoms with Gasteiger partial charge in [0, 0.05) is 12.1 Å². The molecule has 0 saturated carbocycles. The number of oxazole rings is 1. The van der Waals surface area contributed by atoms with Gasteiger partial charge in [0.05, 0.1) is 5.69 Å². The summed E-state index contributed by atoms with van der Waals surface area (Å²) in [6.45, 7) is 2.46. The lowest BCUT2D eigenvalue weighted by Crippen LogP contribution is -1.95. The van der Waals surface area contributed by atoms with Crippen molar-refractivity contribution in [3.05, 3.63) is 41.8 Å². The van der Waals surface area contributed by atoms with Crippen LogP contribution < -0.4 is 5.73 Å². The monoisotopic (exact) mass is 188 g/mol. The zero-order valence-corrected chi connectivity index (χ0v) is 8.03. The SMILES string of the molecule is Cc1ccc(-c2nc(CN)co2)cc1. The van der Waals surface area contributed by atoms with Gasteiger partial charge in [0.15, 0.2) is 0 Å². The summed E-state index contributed by atoms with van der Waals surface area (Å²) in [5.74, 6) is 0.630. The van der Waals surface area contributed by atoms with Crippen molar-refractivity contribution in [3.8, 4) is 11.5 Å². The zero-order valence-electron chi connectivity index (χ0n) is 8.03. The predicted octanol–water partition coefficient (Wildman–Crippen LogP) is 2.11. The Bertz CT molecular complexity index is 417. The molecule has 14 heavy (non-hydrogen) atoms. The molecule has 0 spiro atoms. The molecule has 2 rings (SSSR count). The van der Waals surface area contributed by atoms with E-state index in [9.17, 15) is 0 Å². The molecule has 1 heterocycles. The van der Waals surface area contributed by atoms with Crippen LogP contribution in [0, 0.1) is 6.92 Å². The van der Waals surface area contributed by atoms with Gasteiger partial charge in [0.1, 0.15) is 6.26 Å². The van der Waals surface area contributed by atoms with E-state index >= 15 is 0 Å². The number of benzene rings is 1. The number of aromatic nitrogens is 1. The third kappa shape index (κ3) is 1.67. The summed E-state index contributed by atoms with van der Waals surface area (Å²) in [7, 11) is 0. The summed E-state index contributed by atoms with van der Waals surface area (Å²) < 4.78 is 5.29. The highest BCUT2D eigenvalue weighted by atomic mass is 16.3. The molecule has 0 amide bonds. The van der Waals surface area contributed by atoms with Gasteiger partial charge in [-0.1, -0.05) is 17.7 Å². The molecule has 0 atom stereocenters. The Kier molecular flexibility index (Phi) is 2.33. The second kappa shape index (κ2) is 3.64. The average molecular weight is 188 g/mol. The first kappa shape index (κ1) is 8.97. The maximum atomic E-state index is 5.44. The van der Waals surface area contributed by atoms with Crippen LogP contribution in [0.25, 0.3) is 11.5 Å². The molecule has 1 aromatic carbocycles. The first-order chi connectivity index (χ1) is 6.79. The van der Waals surface area contributed by atoms with E-state index in [0.717, 1.165) is 11.3 Å². The van der Waals surface area contributed by atoms with Gasteiger partial charge in [0.25, 0.3) is 0 Å². The number of nitrogens with zero attached hydrogens (tertiary/aromatic N) is 1. The lowest BCUT2D eigenvalue weighted by molar-refractivity contribution is 0.572. The first-order valence-corrected chi connectivity index (χ1v) is 4.51. The number of nitrogens with two attached hydrogens (primary N) is 1. The van der Waals surface area contributed by atoms with Crippen molar-refractivity contribution in [2.45, 2.75) is 13.5 Å². The smallest absolute Gasteiger partial charge is 0.226 e. The van der Waals surface area contributed by atoms with Crippen molar-refractivity contribution in [1.82, 2.24) is 4.98 Å². The lowest BCUT2D eigenvalue weighted by atomic mass is 10.1. The van der Waals surface area contributed by atoms with Gasteiger partial charge in [-0.05, 0) is 19.1 Å². The van der Waals surface area contributed by atoms with Crippen LogP contribution in [0.2, 0.25) is 0 Å². The van der Waals surface area contributed by atoms with Crippen molar-refractivity contribution < 1.29 is 4.42 Å². The van der Waals surface area contributed by atoms with E-state index in [4.69, 9.17) is 10.2 Å². The summed E-state index contributed by atoms with van der Waals surface area (Å²) in [6, 6.07) is 8.03. The fraction of sp³-hybridized carbons (Fsp3) is 0.182. The second-order valence-corrected chi connectivity index (χ2v) is 3.21. The van der Waals surface area contributed by atoms with Crippen LogP contribution in [0.5, 0.6) is 0 Å². The molecule has 2 N–H and O–H groups in total. The maximum absolute atomic E-state index is 5.44. The standard InChI is InChI=1S/C11H12N2O/c1-8-2-4-9(5-3-8)11-13-10(6-12)7-14-11/h2-5,7H,6,12H2,1H3. The van der Waals surface area contributed by atoms with Crippen LogP contribution in [-0.2, 0) is 6.54 Å². The highest BCUT2D eigenvalue weighted by molar-refractivity contribution is 5.53. The molecule has 3 nitrogen and oxygen atoms in total. The van der Waals surface area contributed by atoms with E-state index < -0.39 is 0 Å². The van der Waals surface area contributed by atoms with Crippen LogP contribution in [0.3, 0.4) is 0 Å². The van der Waals surface area contributed by atoms with Crippen LogP contribution in [-0.4, -0.2) is 4.98 Å². The molecule has 0 aliphatic carbocycles. The topological polar surface area (TPSA) is 52.0 Å². The fourth-order valence-corrected chi connectivity index (χ4v) is 1.23. The molecular weight excluding hydrogens is 176 g/mol. The highest BCUT2D eigenvalue weighted by Gasteiger charge is 2.04. The largest absolute Gasteiger partial charge is 0.444 e. The lowest BCUT2D eigenvalue weighted by Gasteiger charge is -1.95. The Morgan fingerprint density at radius 3 is 2.57 bits per heavy atom. The van der Waals surface area contributed by atoms with E-state index in [2.05, 4.69) is 4.98 Å². The normalized spacial score (nSPS) is 10.4. The number of rotatable bonds is 2. The van der Waals surface area contributed by atoms with Gasteiger partial charge in [-0.3, -0.25) is 0 Å². The maximum Gasteiger partial charge on any atom is 0.226 e. The Labute approximate surface area is 82.6 Å². The molecule has 1 aromatic heterocycles. The Morgan fingerprint density at radius 2 is 2.00 bits per heavy atom. The van der Waals surface area contributed by atoms with E-state index in [0.29, 0.717) is 12.4 Å². The molecule has 72 valence electrons. The van der Waals surface area contributed by atoms with Gasteiger partial charge >= 0.3 is 0 Å². The third-order valence-electron chi connectivity index (χ3n) is 2.06. The summed E-state index contributed by atoms with van der Waals surface area (Å²) in [5.41, 5.74) is 8.42. The van der Waals surface area contributed by atoms with Gasteiger partial charge in [-0.2, -0.15) is 0 Å². The Morgan fingerprint density at radius 1 is 1.29 bits per heavy atom. The average Bonchev–Trinajstić information content (AvgIpc) is 2.67.